The fourth-order valence-corrected chi connectivity index (χ4v) is 2.81. The Kier molecular flexibility index (Phi) is 9.76. The Morgan fingerprint density at radius 1 is 1.25 bits per heavy atom. The standard InChI is InChI=1S/C18H28N2O3.ClH/c1-22-16-6-3-15(4-7-16)5-8-18(21)20-12-9-17(10-13-20)23-14-2-11-19;/h3-4,6-7,17H,2,5,8-14,19H2,1H3;1H. The van der Waals surface area contributed by atoms with Gasteiger partial charge in [-0.3, -0.25) is 4.79 Å². The summed E-state index contributed by atoms with van der Waals surface area (Å²) < 4.78 is 10.9. The minimum absolute atomic E-state index is 0. The van der Waals surface area contributed by atoms with Gasteiger partial charge in [0, 0.05) is 26.1 Å². The number of nitrogens with two attached hydrogens (primary N) is 1. The van der Waals surface area contributed by atoms with E-state index in [9.17, 15) is 4.79 Å². The van der Waals surface area contributed by atoms with Gasteiger partial charge in [0.2, 0.25) is 5.91 Å². The normalized spacial score (nSPS) is 15.0. The third-order valence-corrected chi connectivity index (χ3v) is 4.28. The van der Waals surface area contributed by atoms with E-state index in [0.29, 0.717) is 13.0 Å². The first kappa shape index (κ1) is 20.7. The Morgan fingerprint density at radius 3 is 2.50 bits per heavy atom. The molecule has 0 bridgehead atoms. The summed E-state index contributed by atoms with van der Waals surface area (Å²) in [6.07, 6.45) is 4.38. The molecule has 2 rings (SSSR count). The van der Waals surface area contributed by atoms with Gasteiger partial charge in [0.05, 0.1) is 13.2 Å². The molecule has 24 heavy (non-hydrogen) atoms. The van der Waals surface area contributed by atoms with Gasteiger partial charge in [-0.2, -0.15) is 0 Å². The molecular formula is C18H29ClN2O3. The Hall–Kier alpha value is -1.30. The first-order chi connectivity index (χ1) is 11.2. The lowest BCUT2D eigenvalue weighted by Gasteiger charge is -2.32. The van der Waals surface area contributed by atoms with E-state index in [4.69, 9.17) is 15.2 Å². The van der Waals surface area contributed by atoms with Crippen LogP contribution in [-0.2, 0) is 16.0 Å². The highest BCUT2D eigenvalue weighted by molar-refractivity contribution is 5.85. The molecule has 1 aliphatic rings. The smallest absolute Gasteiger partial charge is 0.222 e. The van der Waals surface area contributed by atoms with E-state index in [1.165, 1.54) is 5.56 Å². The molecule has 0 atom stereocenters. The number of benzene rings is 1. The summed E-state index contributed by atoms with van der Waals surface area (Å²) in [6, 6.07) is 7.90. The van der Waals surface area contributed by atoms with Crippen molar-refractivity contribution in [3.63, 3.8) is 0 Å². The number of halogens is 1. The average Bonchev–Trinajstić information content (AvgIpc) is 2.61. The molecule has 0 unspecified atom stereocenters. The molecular weight excluding hydrogens is 328 g/mol. The van der Waals surface area contributed by atoms with E-state index in [1.807, 2.05) is 29.2 Å². The van der Waals surface area contributed by atoms with Crippen molar-refractivity contribution in [3.8, 4) is 5.75 Å². The van der Waals surface area contributed by atoms with Gasteiger partial charge in [-0.15, -0.1) is 12.4 Å². The van der Waals surface area contributed by atoms with Crippen LogP contribution in [0.2, 0.25) is 0 Å². The number of ether oxygens (including phenoxy) is 2. The summed E-state index contributed by atoms with van der Waals surface area (Å²) in [7, 11) is 1.65. The second kappa shape index (κ2) is 11.3. The van der Waals surface area contributed by atoms with Gasteiger partial charge in [0.15, 0.2) is 0 Å². The second-order valence-electron chi connectivity index (χ2n) is 5.94. The van der Waals surface area contributed by atoms with E-state index in [1.54, 1.807) is 7.11 Å². The first-order valence-electron chi connectivity index (χ1n) is 8.45. The lowest BCUT2D eigenvalue weighted by atomic mass is 10.1. The summed E-state index contributed by atoms with van der Waals surface area (Å²) in [5.41, 5.74) is 6.63. The third kappa shape index (κ3) is 6.67. The van der Waals surface area contributed by atoms with Crippen LogP contribution in [0, 0.1) is 0 Å². The summed E-state index contributed by atoms with van der Waals surface area (Å²) >= 11 is 0. The van der Waals surface area contributed by atoms with Gasteiger partial charge in [-0.05, 0) is 49.9 Å². The van der Waals surface area contributed by atoms with Crippen molar-refractivity contribution in [2.75, 3.05) is 33.4 Å². The Balaban J connectivity index is 0.00000288. The van der Waals surface area contributed by atoms with Gasteiger partial charge >= 0.3 is 0 Å². The van der Waals surface area contributed by atoms with Crippen molar-refractivity contribution in [2.24, 2.45) is 5.73 Å². The van der Waals surface area contributed by atoms with Gasteiger partial charge in [0.1, 0.15) is 5.75 Å². The number of methoxy groups -OCH3 is 1. The average molecular weight is 357 g/mol. The number of aryl methyl sites for hydroxylation is 1. The number of carbonyl (C=O) groups excluding carboxylic acids is 1. The molecule has 1 saturated heterocycles. The molecule has 0 saturated carbocycles. The fraction of sp³-hybridized carbons (Fsp3) is 0.611. The third-order valence-electron chi connectivity index (χ3n) is 4.28. The van der Waals surface area contributed by atoms with E-state index >= 15 is 0 Å². The Morgan fingerprint density at radius 2 is 1.92 bits per heavy atom. The first-order valence-corrected chi connectivity index (χ1v) is 8.45. The maximum atomic E-state index is 12.3. The van der Waals surface area contributed by atoms with Crippen molar-refractivity contribution < 1.29 is 14.3 Å². The minimum Gasteiger partial charge on any atom is -0.497 e. The van der Waals surface area contributed by atoms with E-state index in [0.717, 1.165) is 51.1 Å². The predicted molar refractivity (Wildman–Crippen MR) is 97.8 cm³/mol. The van der Waals surface area contributed by atoms with Crippen molar-refractivity contribution >= 4 is 18.3 Å². The van der Waals surface area contributed by atoms with Crippen LogP contribution < -0.4 is 10.5 Å². The van der Waals surface area contributed by atoms with Crippen LogP contribution in [-0.4, -0.2) is 50.3 Å². The number of hydrogen-bond acceptors (Lipinski definition) is 4. The van der Waals surface area contributed by atoms with Crippen LogP contribution in [0.15, 0.2) is 24.3 Å². The van der Waals surface area contributed by atoms with Crippen molar-refractivity contribution in [2.45, 2.75) is 38.2 Å². The molecule has 1 aromatic rings. The summed E-state index contributed by atoms with van der Waals surface area (Å²) in [6.45, 7) is 3.00. The topological polar surface area (TPSA) is 64.8 Å². The molecule has 0 spiro atoms. The highest BCUT2D eigenvalue weighted by Crippen LogP contribution is 2.17. The maximum absolute atomic E-state index is 12.3. The van der Waals surface area contributed by atoms with Crippen molar-refractivity contribution in [1.29, 1.82) is 0 Å². The van der Waals surface area contributed by atoms with Crippen LogP contribution >= 0.6 is 12.4 Å². The van der Waals surface area contributed by atoms with Crippen LogP contribution in [0.3, 0.4) is 0 Å². The minimum atomic E-state index is 0. The molecule has 1 amide bonds. The molecule has 0 radical (unpaired) electrons. The molecule has 0 aromatic heterocycles. The zero-order valence-electron chi connectivity index (χ0n) is 14.4. The van der Waals surface area contributed by atoms with Gasteiger partial charge < -0.3 is 20.1 Å². The number of piperidine rings is 1. The lowest BCUT2D eigenvalue weighted by Crippen LogP contribution is -2.41. The van der Waals surface area contributed by atoms with Gasteiger partial charge in [-0.25, -0.2) is 0 Å². The van der Waals surface area contributed by atoms with Crippen LogP contribution in [0.4, 0.5) is 0 Å². The van der Waals surface area contributed by atoms with Crippen molar-refractivity contribution in [1.82, 2.24) is 4.90 Å². The van der Waals surface area contributed by atoms with Gasteiger partial charge in [0.25, 0.3) is 0 Å². The van der Waals surface area contributed by atoms with Crippen LogP contribution in [0.5, 0.6) is 5.75 Å². The summed E-state index contributed by atoms with van der Waals surface area (Å²) in [4.78, 5) is 14.3. The quantitative estimate of drug-likeness (QED) is 0.726. The molecule has 6 heteroatoms. The molecule has 2 N–H and O–H groups in total. The zero-order valence-corrected chi connectivity index (χ0v) is 15.2. The molecule has 1 heterocycles. The fourth-order valence-electron chi connectivity index (χ4n) is 2.81. The van der Waals surface area contributed by atoms with E-state index in [2.05, 4.69) is 0 Å². The predicted octanol–water partition coefficient (Wildman–Crippen LogP) is 2.41. The molecule has 1 fully saturated rings. The number of nitrogens with zero attached hydrogens (tertiary/aromatic N) is 1. The summed E-state index contributed by atoms with van der Waals surface area (Å²) in [5.74, 6) is 1.08. The van der Waals surface area contributed by atoms with Crippen molar-refractivity contribution in [3.05, 3.63) is 29.8 Å². The van der Waals surface area contributed by atoms with Crippen LogP contribution in [0.1, 0.15) is 31.2 Å². The monoisotopic (exact) mass is 356 g/mol. The van der Waals surface area contributed by atoms with E-state index < -0.39 is 0 Å². The molecule has 1 aliphatic heterocycles. The number of likely N-dealkylation sites (tertiary alicyclic amines) is 1. The zero-order chi connectivity index (χ0) is 16.5. The highest BCUT2D eigenvalue weighted by Gasteiger charge is 2.22. The maximum Gasteiger partial charge on any atom is 0.222 e. The molecule has 136 valence electrons. The molecule has 5 nitrogen and oxygen atoms in total. The number of hydrogen-bond donors (Lipinski definition) is 1. The highest BCUT2D eigenvalue weighted by atomic mass is 35.5. The number of amides is 1. The van der Waals surface area contributed by atoms with E-state index in [-0.39, 0.29) is 24.4 Å². The summed E-state index contributed by atoms with van der Waals surface area (Å²) in [5, 5.41) is 0. The largest absolute Gasteiger partial charge is 0.497 e. The SMILES string of the molecule is COc1ccc(CCC(=O)N2CCC(OCCCN)CC2)cc1.Cl. The molecule has 0 aliphatic carbocycles. The second-order valence-corrected chi connectivity index (χ2v) is 5.94. The van der Waals surface area contributed by atoms with Crippen LogP contribution in [0.25, 0.3) is 0 Å². The Bertz CT molecular complexity index is 474. The number of rotatable bonds is 8. The van der Waals surface area contributed by atoms with Gasteiger partial charge in [-0.1, -0.05) is 12.1 Å². The molecule has 1 aromatic carbocycles. The lowest BCUT2D eigenvalue weighted by molar-refractivity contribution is -0.133. The number of carbonyl (C=O) groups is 1. The Labute approximate surface area is 150 Å².